The van der Waals surface area contributed by atoms with E-state index in [4.69, 9.17) is 37.4 Å². The highest BCUT2D eigenvalue weighted by Gasteiger charge is 2.32. The van der Waals surface area contributed by atoms with Crippen LogP contribution < -0.4 is 18.5 Å². The van der Waals surface area contributed by atoms with Gasteiger partial charge >= 0.3 is 0 Å². The van der Waals surface area contributed by atoms with E-state index in [1.165, 1.54) is 31.9 Å². The molecule has 1 aromatic heterocycles. The molecule has 5 rings (SSSR count). The molecule has 0 amide bonds. The van der Waals surface area contributed by atoms with E-state index in [9.17, 15) is 12.8 Å². The Morgan fingerprint density at radius 1 is 0.864 bits per heavy atom. The van der Waals surface area contributed by atoms with Gasteiger partial charge in [0.25, 0.3) is 10.0 Å². The summed E-state index contributed by atoms with van der Waals surface area (Å²) >= 11 is 13.8. The highest BCUT2D eigenvalue weighted by atomic mass is 35.5. The van der Waals surface area contributed by atoms with Crippen LogP contribution in [0.15, 0.2) is 77.1 Å². The zero-order valence-electron chi connectivity index (χ0n) is 23.3. The smallest absolute Gasteiger partial charge is 0.269 e. The maximum Gasteiger partial charge on any atom is 0.269 e. The van der Waals surface area contributed by atoms with Gasteiger partial charge in [0.2, 0.25) is 5.13 Å². The van der Waals surface area contributed by atoms with Crippen LogP contribution in [0.3, 0.4) is 0 Å². The number of aromatic nitrogens is 2. The Morgan fingerprint density at radius 2 is 1.64 bits per heavy atom. The van der Waals surface area contributed by atoms with Gasteiger partial charge in [0, 0.05) is 33.8 Å². The molecule has 8 nitrogen and oxygen atoms in total. The van der Waals surface area contributed by atoms with Gasteiger partial charge in [-0.15, -0.1) is 10.2 Å². The predicted octanol–water partition coefficient (Wildman–Crippen LogP) is 8.30. The van der Waals surface area contributed by atoms with E-state index in [1.54, 1.807) is 49.4 Å². The molecule has 4 aromatic carbocycles. The second-order valence-electron chi connectivity index (χ2n) is 9.30. The van der Waals surface area contributed by atoms with Gasteiger partial charge in [0.05, 0.1) is 25.8 Å². The fourth-order valence-corrected chi connectivity index (χ4v) is 7.18. The average Bonchev–Trinajstić information content (AvgIpc) is 3.53. The number of rotatable bonds is 10. The van der Waals surface area contributed by atoms with Crippen molar-refractivity contribution in [1.29, 1.82) is 0 Å². The van der Waals surface area contributed by atoms with E-state index < -0.39 is 26.6 Å². The number of anilines is 1. The van der Waals surface area contributed by atoms with Gasteiger partial charge < -0.3 is 14.2 Å². The fraction of sp³-hybridized carbons (Fsp3) is 0.133. The Kier molecular flexibility index (Phi) is 9.26. The molecular weight excluding hydrogens is 655 g/mol. The molecule has 0 N–H and O–H groups in total. The van der Waals surface area contributed by atoms with E-state index >= 15 is 4.39 Å². The van der Waals surface area contributed by atoms with Crippen LogP contribution in [-0.2, 0) is 16.6 Å². The standard InChI is InChI=1S/C30H23Cl2F2N3O5S2/c1-17-10-22(31)21(20-6-4-5-7-24(20)33)12-26(17)42-28-14-25(34)29(13-23(28)32)44(38,39)37(30-36-35-16-43-30)15-18-8-9-19(40-2)11-27(18)41-3/h4-14,16H,15H2,1-3H3. The lowest BCUT2D eigenvalue weighted by molar-refractivity contribution is 0.391. The van der Waals surface area contributed by atoms with Gasteiger partial charge in [-0.1, -0.05) is 52.7 Å². The summed E-state index contributed by atoms with van der Waals surface area (Å²) < 4.78 is 75.6. The molecule has 44 heavy (non-hydrogen) atoms. The molecule has 1 heterocycles. The fourth-order valence-electron chi connectivity index (χ4n) is 4.34. The summed E-state index contributed by atoms with van der Waals surface area (Å²) in [7, 11) is -1.67. The molecule has 0 saturated carbocycles. The van der Waals surface area contributed by atoms with E-state index in [0.29, 0.717) is 28.2 Å². The topological polar surface area (TPSA) is 90.9 Å². The zero-order chi connectivity index (χ0) is 31.6. The molecule has 0 aliphatic carbocycles. The maximum atomic E-state index is 15.7. The number of sulfonamides is 1. The molecule has 0 aliphatic heterocycles. The molecule has 14 heteroatoms. The number of ether oxygens (including phenoxy) is 3. The maximum absolute atomic E-state index is 15.7. The average molecular weight is 679 g/mol. The molecule has 0 fully saturated rings. The van der Waals surface area contributed by atoms with Gasteiger partial charge in [-0.05, 0) is 48.9 Å². The normalized spacial score (nSPS) is 11.3. The molecule has 0 saturated heterocycles. The number of aryl methyl sites for hydroxylation is 1. The number of hydrogen-bond acceptors (Lipinski definition) is 8. The van der Waals surface area contributed by atoms with Crippen molar-refractivity contribution in [2.45, 2.75) is 18.4 Å². The van der Waals surface area contributed by atoms with Crippen LogP contribution in [0, 0.1) is 18.6 Å². The van der Waals surface area contributed by atoms with Gasteiger partial charge in [-0.2, -0.15) is 0 Å². The summed E-state index contributed by atoms with van der Waals surface area (Å²) in [5, 5.41) is 7.75. The molecule has 0 spiro atoms. The lowest BCUT2D eigenvalue weighted by Crippen LogP contribution is -2.31. The van der Waals surface area contributed by atoms with Gasteiger partial charge in [-0.25, -0.2) is 21.5 Å². The lowest BCUT2D eigenvalue weighted by Gasteiger charge is -2.23. The van der Waals surface area contributed by atoms with Crippen molar-refractivity contribution in [3.63, 3.8) is 0 Å². The predicted molar refractivity (Wildman–Crippen MR) is 166 cm³/mol. The Labute approximate surface area is 266 Å². The number of nitrogens with zero attached hydrogens (tertiary/aromatic N) is 3. The first-order chi connectivity index (χ1) is 21.0. The molecule has 5 aromatic rings. The summed E-state index contributed by atoms with van der Waals surface area (Å²) in [6.07, 6.45) is 0. The van der Waals surface area contributed by atoms with Gasteiger partial charge in [-0.3, -0.25) is 0 Å². The third kappa shape index (κ3) is 6.29. The van der Waals surface area contributed by atoms with Crippen LogP contribution in [0.25, 0.3) is 11.1 Å². The second-order valence-corrected chi connectivity index (χ2v) is 12.8. The zero-order valence-corrected chi connectivity index (χ0v) is 26.5. The SMILES string of the molecule is COc1ccc(CN(c2nncs2)S(=O)(=O)c2cc(Cl)c(Oc3cc(-c4ccccc4F)c(Cl)cc3C)cc2F)c(OC)c1. The highest BCUT2D eigenvalue weighted by Crippen LogP contribution is 2.41. The van der Waals surface area contributed by atoms with Crippen molar-refractivity contribution in [3.05, 3.63) is 105 Å². The van der Waals surface area contributed by atoms with Crippen LogP contribution in [0.2, 0.25) is 10.0 Å². The van der Waals surface area contributed by atoms with Gasteiger partial charge in [0.1, 0.15) is 45.0 Å². The van der Waals surface area contributed by atoms with E-state index in [0.717, 1.165) is 27.8 Å². The summed E-state index contributed by atoms with van der Waals surface area (Å²) in [6, 6.07) is 15.9. The Hall–Kier alpha value is -3.97. The summed E-state index contributed by atoms with van der Waals surface area (Å²) in [5.74, 6) is -0.707. The second kappa shape index (κ2) is 12.9. The monoisotopic (exact) mass is 677 g/mol. The van der Waals surface area contributed by atoms with Crippen molar-refractivity contribution in [3.8, 4) is 34.1 Å². The van der Waals surface area contributed by atoms with E-state index in [1.807, 2.05) is 0 Å². The van der Waals surface area contributed by atoms with Crippen molar-refractivity contribution in [2.24, 2.45) is 0 Å². The van der Waals surface area contributed by atoms with Crippen molar-refractivity contribution >= 4 is 49.7 Å². The summed E-state index contributed by atoms with van der Waals surface area (Å²) in [4.78, 5) is -0.711. The van der Waals surface area contributed by atoms with Gasteiger partial charge in [0.15, 0.2) is 0 Å². The van der Waals surface area contributed by atoms with Crippen LogP contribution >= 0.6 is 34.5 Å². The largest absolute Gasteiger partial charge is 0.497 e. The van der Waals surface area contributed by atoms with Crippen LogP contribution in [-0.4, -0.2) is 32.8 Å². The van der Waals surface area contributed by atoms with Crippen molar-refractivity contribution in [2.75, 3.05) is 18.5 Å². The third-order valence-electron chi connectivity index (χ3n) is 6.57. The van der Waals surface area contributed by atoms with Crippen LogP contribution in [0.4, 0.5) is 13.9 Å². The Balaban J connectivity index is 1.52. The third-order valence-corrected chi connectivity index (χ3v) is 9.76. The molecular formula is C30H23Cl2F2N3O5S2. The number of halogens is 4. The summed E-state index contributed by atoms with van der Waals surface area (Å²) in [6.45, 7) is 1.44. The molecule has 0 atom stereocenters. The van der Waals surface area contributed by atoms with Crippen molar-refractivity contribution in [1.82, 2.24) is 10.2 Å². The molecule has 0 bridgehead atoms. The first-order valence-electron chi connectivity index (χ1n) is 12.7. The highest BCUT2D eigenvalue weighted by molar-refractivity contribution is 7.93. The number of benzene rings is 4. The number of methoxy groups -OCH3 is 2. The Morgan fingerprint density at radius 3 is 2.32 bits per heavy atom. The first-order valence-corrected chi connectivity index (χ1v) is 15.8. The quantitative estimate of drug-likeness (QED) is 0.147. The molecule has 0 unspecified atom stereocenters. The molecule has 0 aliphatic rings. The van der Waals surface area contributed by atoms with Crippen LogP contribution in [0.1, 0.15) is 11.1 Å². The minimum absolute atomic E-state index is 0.00353. The van der Waals surface area contributed by atoms with E-state index in [-0.39, 0.29) is 38.8 Å². The number of hydrogen-bond donors (Lipinski definition) is 0. The van der Waals surface area contributed by atoms with E-state index in [2.05, 4.69) is 10.2 Å². The van der Waals surface area contributed by atoms with Crippen LogP contribution in [0.5, 0.6) is 23.0 Å². The summed E-state index contributed by atoms with van der Waals surface area (Å²) in [5.41, 5.74) is 2.96. The molecule has 0 radical (unpaired) electrons. The molecule has 228 valence electrons. The van der Waals surface area contributed by atoms with Crippen molar-refractivity contribution < 1.29 is 31.4 Å². The first kappa shape index (κ1) is 31.5. The minimum Gasteiger partial charge on any atom is -0.497 e. The minimum atomic E-state index is -4.59. The Bertz CT molecular complexity index is 1940. The lowest BCUT2D eigenvalue weighted by atomic mass is 10.0.